The average molecular weight is 211 g/mol. The average Bonchev–Trinajstić information content (AvgIpc) is 2.23. The molecule has 15 heavy (non-hydrogen) atoms. The number of rotatable bonds is 4. The molecule has 0 aromatic rings. The lowest BCUT2D eigenvalue weighted by Crippen LogP contribution is -2.49. The lowest BCUT2D eigenvalue weighted by molar-refractivity contribution is 0.0122. The number of ether oxygens (including phenoxy) is 1. The predicted molar refractivity (Wildman–Crippen MR) is 63.0 cm³/mol. The quantitative estimate of drug-likeness (QED) is 0.772. The van der Waals surface area contributed by atoms with Crippen molar-refractivity contribution in [2.75, 3.05) is 7.11 Å². The number of methoxy groups -OCH3 is 1. The van der Waals surface area contributed by atoms with E-state index in [1.54, 1.807) is 0 Å². The minimum Gasteiger partial charge on any atom is -0.381 e. The summed E-state index contributed by atoms with van der Waals surface area (Å²) in [6.07, 6.45) is 10.0. The van der Waals surface area contributed by atoms with Crippen LogP contribution in [0.25, 0.3) is 0 Å². The molecule has 2 saturated carbocycles. The van der Waals surface area contributed by atoms with Gasteiger partial charge in [-0.1, -0.05) is 13.3 Å². The highest BCUT2D eigenvalue weighted by molar-refractivity contribution is 4.89. The summed E-state index contributed by atoms with van der Waals surface area (Å²) >= 11 is 0. The maximum Gasteiger partial charge on any atom is 0.0601 e. The van der Waals surface area contributed by atoms with Crippen molar-refractivity contribution in [1.82, 2.24) is 5.32 Å². The third-order valence-corrected chi connectivity index (χ3v) is 4.32. The Kier molecular flexibility index (Phi) is 4.04. The standard InChI is InChI=1S/C13H25NO/c1-3-10-4-6-11(7-5-10)14-12-8-13(9-12)15-2/h10-14H,3-9H2,1-2H3. The SMILES string of the molecule is CCC1CCC(NC2CC(OC)C2)CC1. The maximum absolute atomic E-state index is 5.30. The summed E-state index contributed by atoms with van der Waals surface area (Å²) in [6, 6.07) is 1.55. The zero-order chi connectivity index (χ0) is 10.7. The third kappa shape index (κ3) is 2.94. The van der Waals surface area contributed by atoms with Crippen molar-refractivity contribution in [1.29, 1.82) is 0 Å². The van der Waals surface area contributed by atoms with Gasteiger partial charge in [-0.3, -0.25) is 0 Å². The second-order valence-electron chi connectivity index (χ2n) is 5.32. The summed E-state index contributed by atoms with van der Waals surface area (Å²) in [7, 11) is 1.83. The maximum atomic E-state index is 5.30. The molecule has 0 aromatic heterocycles. The largest absolute Gasteiger partial charge is 0.381 e. The van der Waals surface area contributed by atoms with E-state index in [2.05, 4.69) is 12.2 Å². The summed E-state index contributed by atoms with van der Waals surface area (Å²) in [5.41, 5.74) is 0. The molecular weight excluding hydrogens is 186 g/mol. The van der Waals surface area contributed by atoms with Crippen LogP contribution in [-0.4, -0.2) is 25.3 Å². The van der Waals surface area contributed by atoms with Crippen molar-refractivity contribution in [3.05, 3.63) is 0 Å². The molecule has 2 nitrogen and oxygen atoms in total. The molecule has 2 fully saturated rings. The van der Waals surface area contributed by atoms with Crippen molar-refractivity contribution >= 4 is 0 Å². The lowest BCUT2D eigenvalue weighted by Gasteiger charge is -2.39. The topological polar surface area (TPSA) is 21.3 Å². The fraction of sp³-hybridized carbons (Fsp3) is 1.00. The fourth-order valence-electron chi connectivity index (χ4n) is 2.96. The smallest absolute Gasteiger partial charge is 0.0601 e. The van der Waals surface area contributed by atoms with E-state index in [1.165, 1.54) is 44.9 Å². The Balaban J connectivity index is 1.61. The highest BCUT2D eigenvalue weighted by Gasteiger charge is 2.31. The van der Waals surface area contributed by atoms with Gasteiger partial charge in [-0.15, -0.1) is 0 Å². The van der Waals surface area contributed by atoms with E-state index in [9.17, 15) is 0 Å². The first-order chi connectivity index (χ1) is 7.31. The van der Waals surface area contributed by atoms with E-state index in [0.717, 1.165) is 18.0 Å². The van der Waals surface area contributed by atoms with Crippen LogP contribution < -0.4 is 5.32 Å². The minimum atomic E-state index is 0.537. The highest BCUT2D eigenvalue weighted by atomic mass is 16.5. The van der Waals surface area contributed by atoms with Gasteiger partial charge in [0.25, 0.3) is 0 Å². The number of hydrogen-bond donors (Lipinski definition) is 1. The van der Waals surface area contributed by atoms with Crippen LogP contribution in [0.1, 0.15) is 51.9 Å². The third-order valence-electron chi connectivity index (χ3n) is 4.32. The molecule has 88 valence electrons. The van der Waals surface area contributed by atoms with Crippen LogP contribution in [0.2, 0.25) is 0 Å². The van der Waals surface area contributed by atoms with Crippen LogP contribution in [0.4, 0.5) is 0 Å². The molecule has 0 heterocycles. The van der Waals surface area contributed by atoms with E-state index in [4.69, 9.17) is 4.74 Å². The Morgan fingerprint density at radius 3 is 2.27 bits per heavy atom. The van der Waals surface area contributed by atoms with Gasteiger partial charge >= 0.3 is 0 Å². The van der Waals surface area contributed by atoms with Gasteiger partial charge < -0.3 is 10.1 Å². The van der Waals surface area contributed by atoms with Crippen molar-refractivity contribution in [2.45, 2.75) is 70.1 Å². The molecule has 2 aliphatic carbocycles. The minimum absolute atomic E-state index is 0.537. The Morgan fingerprint density at radius 1 is 1.07 bits per heavy atom. The molecule has 0 atom stereocenters. The fourth-order valence-corrected chi connectivity index (χ4v) is 2.96. The molecule has 0 bridgehead atoms. The van der Waals surface area contributed by atoms with Crippen molar-refractivity contribution in [2.24, 2.45) is 5.92 Å². The van der Waals surface area contributed by atoms with E-state index in [0.29, 0.717) is 6.10 Å². The Morgan fingerprint density at radius 2 is 1.73 bits per heavy atom. The predicted octanol–water partition coefficient (Wildman–Crippen LogP) is 2.72. The van der Waals surface area contributed by atoms with Crippen LogP contribution >= 0.6 is 0 Å². The van der Waals surface area contributed by atoms with Gasteiger partial charge in [-0.05, 0) is 44.4 Å². The van der Waals surface area contributed by atoms with E-state index < -0.39 is 0 Å². The monoisotopic (exact) mass is 211 g/mol. The van der Waals surface area contributed by atoms with Crippen LogP contribution in [0.5, 0.6) is 0 Å². The summed E-state index contributed by atoms with van der Waals surface area (Å²) in [5.74, 6) is 1.01. The van der Waals surface area contributed by atoms with Crippen molar-refractivity contribution in [3.8, 4) is 0 Å². The number of hydrogen-bond acceptors (Lipinski definition) is 2. The van der Waals surface area contributed by atoms with Crippen molar-refractivity contribution < 1.29 is 4.74 Å². The van der Waals surface area contributed by atoms with Crippen LogP contribution in [0.3, 0.4) is 0 Å². The first-order valence-electron chi connectivity index (χ1n) is 6.60. The summed E-state index contributed by atoms with van der Waals surface area (Å²) in [5, 5.41) is 3.78. The van der Waals surface area contributed by atoms with Crippen LogP contribution in [-0.2, 0) is 4.74 Å². The summed E-state index contributed by atoms with van der Waals surface area (Å²) < 4.78 is 5.30. The van der Waals surface area contributed by atoms with Gasteiger partial charge in [-0.2, -0.15) is 0 Å². The molecule has 0 aromatic carbocycles. The highest BCUT2D eigenvalue weighted by Crippen LogP contribution is 2.29. The zero-order valence-corrected chi connectivity index (χ0v) is 10.2. The molecule has 0 radical (unpaired) electrons. The molecule has 0 spiro atoms. The Hall–Kier alpha value is -0.0800. The first kappa shape index (κ1) is 11.4. The second kappa shape index (κ2) is 5.31. The summed E-state index contributed by atoms with van der Waals surface area (Å²) in [4.78, 5) is 0. The van der Waals surface area contributed by atoms with Crippen LogP contribution in [0.15, 0.2) is 0 Å². The molecule has 1 N–H and O–H groups in total. The molecule has 2 rings (SSSR count). The molecule has 2 heteroatoms. The van der Waals surface area contributed by atoms with Gasteiger partial charge in [0, 0.05) is 19.2 Å². The normalized spacial score (nSPS) is 41.2. The van der Waals surface area contributed by atoms with Gasteiger partial charge in [0.1, 0.15) is 0 Å². The van der Waals surface area contributed by atoms with E-state index in [1.807, 2.05) is 7.11 Å². The Bertz CT molecular complexity index is 181. The second-order valence-corrected chi connectivity index (χ2v) is 5.32. The molecule has 0 aliphatic heterocycles. The van der Waals surface area contributed by atoms with Gasteiger partial charge in [-0.25, -0.2) is 0 Å². The first-order valence-corrected chi connectivity index (χ1v) is 6.60. The number of nitrogens with one attached hydrogen (secondary N) is 1. The van der Waals surface area contributed by atoms with Gasteiger partial charge in [0.05, 0.1) is 6.10 Å². The van der Waals surface area contributed by atoms with Crippen molar-refractivity contribution in [3.63, 3.8) is 0 Å². The molecular formula is C13H25NO. The van der Waals surface area contributed by atoms with Crippen LogP contribution in [0, 0.1) is 5.92 Å². The lowest BCUT2D eigenvalue weighted by atomic mass is 9.82. The zero-order valence-electron chi connectivity index (χ0n) is 10.2. The van der Waals surface area contributed by atoms with Gasteiger partial charge in [0.2, 0.25) is 0 Å². The molecule has 0 amide bonds. The van der Waals surface area contributed by atoms with Gasteiger partial charge in [0.15, 0.2) is 0 Å². The van der Waals surface area contributed by atoms with E-state index >= 15 is 0 Å². The van der Waals surface area contributed by atoms with E-state index in [-0.39, 0.29) is 0 Å². The Labute approximate surface area is 93.8 Å². The molecule has 0 unspecified atom stereocenters. The molecule has 2 aliphatic rings. The molecule has 0 saturated heterocycles. The summed E-state index contributed by atoms with van der Waals surface area (Å²) in [6.45, 7) is 2.33.